The Hall–Kier alpha value is -0.580. The number of aliphatic hydroxyl groups excluding tert-OH is 2. The van der Waals surface area contributed by atoms with E-state index >= 15 is 0 Å². The van der Waals surface area contributed by atoms with Gasteiger partial charge in [0.2, 0.25) is 0 Å². The summed E-state index contributed by atoms with van der Waals surface area (Å²) in [6.45, 7) is -0.383. The van der Waals surface area contributed by atoms with Crippen LogP contribution in [0.2, 0.25) is 10.0 Å². The number of rotatable bonds is 5. The van der Waals surface area contributed by atoms with Crippen LogP contribution in [0.15, 0.2) is 46.9 Å². The molecule has 2 aromatic carbocycles. The summed E-state index contributed by atoms with van der Waals surface area (Å²) in [6, 6.07) is 12.9. The molecule has 112 valence electrons. The molecule has 0 aliphatic carbocycles. The number of halogens is 3. The summed E-state index contributed by atoms with van der Waals surface area (Å²) < 4.78 is 0.892. The predicted octanol–water partition coefficient (Wildman–Crippen LogP) is 4.22. The minimum absolute atomic E-state index is 0.192. The van der Waals surface area contributed by atoms with Crippen molar-refractivity contribution in [1.29, 1.82) is 0 Å². The molecule has 0 unspecified atom stereocenters. The molecule has 0 fully saturated rings. The molecule has 0 saturated carbocycles. The first kappa shape index (κ1) is 16.8. The first-order valence-corrected chi connectivity index (χ1v) is 7.98. The Balaban J connectivity index is 2.45. The number of hydrogen-bond acceptors (Lipinski definition) is 2. The van der Waals surface area contributed by atoms with E-state index in [4.69, 9.17) is 23.2 Å². The highest BCUT2D eigenvalue weighted by atomic mass is 79.9. The van der Waals surface area contributed by atoms with Crippen molar-refractivity contribution in [2.24, 2.45) is 0 Å². The van der Waals surface area contributed by atoms with Gasteiger partial charge < -0.3 is 10.2 Å². The van der Waals surface area contributed by atoms with Gasteiger partial charge in [0, 0.05) is 9.89 Å². The van der Waals surface area contributed by atoms with Crippen LogP contribution in [0, 0.1) is 0 Å². The predicted molar refractivity (Wildman–Crippen MR) is 90.2 cm³/mol. The van der Waals surface area contributed by atoms with Crippen molar-refractivity contribution in [1.82, 2.24) is 0 Å². The molecule has 2 rings (SSSR count). The van der Waals surface area contributed by atoms with Gasteiger partial charge in [0.05, 0.1) is 23.3 Å². The highest BCUT2D eigenvalue weighted by molar-refractivity contribution is 9.10. The largest absolute Gasteiger partial charge is 0.395 e. The molecule has 0 amide bonds. The molecule has 0 atom stereocenters. The lowest BCUT2D eigenvalue weighted by Gasteiger charge is -2.31. The lowest BCUT2D eigenvalue weighted by molar-refractivity contribution is 0.116. The molecule has 0 saturated heterocycles. The van der Waals surface area contributed by atoms with Crippen molar-refractivity contribution in [2.75, 3.05) is 13.2 Å². The van der Waals surface area contributed by atoms with Crippen LogP contribution in [-0.4, -0.2) is 23.4 Å². The zero-order chi connectivity index (χ0) is 15.5. The number of aliphatic hydroxyl groups is 2. The first-order valence-electron chi connectivity index (χ1n) is 6.43. The molecule has 0 aliphatic rings. The van der Waals surface area contributed by atoms with Crippen LogP contribution in [0.4, 0.5) is 0 Å². The molecule has 0 spiro atoms. The third-order valence-electron chi connectivity index (χ3n) is 3.60. The minimum Gasteiger partial charge on any atom is -0.395 e. The van der Waals surface area contributed by atoms with E-state index in [0.29, 0.717) is 16.5 Å². The van der Waals surface area contributed by atoms with Crippen molar-refractivity contribution < 1.29 is 10.2 Å². The SMILES string of the molecule is OCC(CO)(Cc1cccc(Cl)c1Cl)c1cccc(Br)c1. The van der Waals surface area contributed by atoms with Crippen molar-refractivity contribution in [3.63, 3.8) is 0 Å². The van der Waals surface area contributed by atoms with E-state index in [2.05, 4.69) is 15.9 Å². The van der Waals surface area contributed by atoms with Crippen LogP contribution in [-0.2, 0) is 11.8 Å². The Kier molecular flexibility index (Phi) is 5.69. The monoisotopic (exact) mass is 388 g/mol. The molecule has 0 aromatic heterocycles. The van der Waals surface area contributed by atoms with E-state index in [0.717, 1.165) is 15.6 Å². The number of benzene rings is 2. The molecular weight excluding hydrogens is 375 g/mol. The van der Waals surface area contributed by atoms with Gasteiger partial charge in [-0.1, -0.05) is 63.4 Å². The quantitative estimate of drug-likeness (QED) is 0.803. The summed E-state index contributed by atoms with van der Waals surface area (Å²) in [7, 11) is 0. The second-order valence-electron chi connectivity index (χ2n) is 5.00. The third kappa shape index (κ3) is 3.61. The van der Waals surface area contributed by atoms with Crippen LogP contribution in [0.25, 0.3) is 0 Å². The van der Waals surface area contributed by atoms with E-state index in [1.165, 1.54) is 0 Å². The van der Waals surface area contributed by atoms with Crippen LogP contribution in [0.3, 0.4) is 0 Å². The van der Waals surface area contributed by atoms with Gasteiger partial charge >= 0.3 is 0 Å². The van der Waals surface area contributed by atoms with Gasteiger partial charge in [0.25, 0.3) is 0 Å². The van der Waals surface area contributed by atoms with E-state index in [1.807, 2.05) is 36.4 Å². The summed E-state index contributed by atoms with van der Waals surface area (Å²) in [4.78, 5) is 0. The number of hydrogen-bond donors (Lipinski definition) is 2. The smallest absolute Gasteiger partial charge is 0.0624 e. The maximum atomic E-state index is 9.89. The fourth-order valence-corrected chi connectivity index (χ4v) is 3.10. The summed E-state index contributed by atoms with van der Waals surface area (Å²) in [5.74, 6) is 0. The summed E-state index contributed by atoms with van der Waals surface area (Å²) in [5, 5.41) is 20.7. The molecular formula is C16H15BrCl2O2. The maximum Gasteiger partial charge on any atom is 0.0624 e. The standard InChI is InChI=1S/C16H15BrCl2O2/c17-13-5-2-4-12(7-13)16(9-20,10-21)8-11-3-1-6-14(18)15(11)19/h1-7,20-21H,8-10H2. The summed E-state index contributed by atoms with van der Waals surface area (Å²) in [5.41, 5.74) is 0.836. The van der Waals surface area contributed by atoms with Crippen LogP contribution in [0.1, 0.15) is 11.1 Å². The molecule has 5 heteroatoms. The second-order valence-corrected chi connectivity index (χ2v) is 6.70. The Labute approximate surface area is 142 Å². The molecule has 21 heavy (non-hydrogen) atoms. The zero-order valence-electron chi connectivity index (χ0n) is 11.2. The van der Waals surface area contributed by atoms with Gasteiger partial charge in [-0.05, 0) is 35.7 Å². The maximum absolute atomic E-state index is 9.89. The van der Waals surface area contributed by atoms with Gasteiger partial charge in [0.15, 0.2) is 0 Å². The second kappa shape index (κ2) is 7.12. The van der Waals surface area contributed by atoms with Gasteiger partial charge in [-0.2, -0.15) is 0 Å². The molecule has 2 nitrogen and oxygen atoms in total. The van der Waals surface area contributed by atoms with E-state index < -0.39 is 5.41 Å². The molecule has 0 aliphatic heterocycles. The fourth-order valence-electron chi connectivity index (χ4n) is 2.31. The molecule has 2 aromatic rings. The molecule has 2 N–H and O–H groups in total. The van der Waals surface area contributed by atoms with E-state index in [9.17, 15) is 10.2 Å². The zero-order valence-corrected chi connectivity index (χ0v) is 14.3. The average molecular weight is 390 g/mol. The van der Waals surface area contributed by atoms with Gasteiger partial charge in [-0.25, -0.2) is 0 Å². The Morgan fingerprint density at radius 1 is 1.00 bits per heavy atom. The first-order chi connectivity index (χ1) is 10.0. The van der Waals surface area contributed by atoms with E-state index in [1.54, 1.807) is 6.07 Å². The fraction of sp³-hybridized carbons (Fsp3) is 0.250. The highest BCUT2D eigenvalue weighted by Crippen LogP contribution is 2.34. The molecule has 0 radical (unpaired) electrons. The van der Waals surface area contributed by atoms with E-state index in [-0.39, 0.29) is 13.2 Å². The topological polar surface area (TPSA) is 40.5 Å². The van der Waals surface area contributed by atoms with Crippen molar-refractivity contribution in [3.05, 3.63) is 68.1 Å². The van der Waals surface area contributed by atoms with Crippen molar-refractivity contribution in [2.45, 2.75) is 11.8 Å². The van der Waals surface area contributed by atoms with Gasteiger partial charge in [-0.3, -0.25) is 0 Å². The average Bonchev–Trinajstić information content (AvgIpc) is 2.49. The lowest BCUT2D eigenvalue weighted by Crippen LogP contribution is -2.37. The lowest BCUT2D eigenvalue weighted by atomic mass is 9.77. The normalized spacial score (nSPS) is 11.7. The minimum atomic E-state index is -0.807. The van der Waals surface area contributed by atoms with Crippen LogP contribution < -0.4 is 0 Å². The highest BCUT2D eigenvalue weighted by Gasteiger charge is 2.32. The van der Waals surface area contributed by atoms with Crippen molar-refractivity contribution in [3.8, 4) is 0 Å². The Morgan fingerprint density at radius 3 is 2.29 bits per heavy atom. The Morgan fingerprint density at radius 2 is 1.67 bits per heavy atom. The van der Waals surface area contributed by atoms with Gasteiger partial charge in [0.1, 0.15) is 0 Å². The summed E-state index contributed by atoms with van der Waals surface area (Å²) >= 11 is 15.7. The van der Waals surface area contributed by atoms with Gasteiger partial charge in [-0.15, -0.1) is 0 Å². The summed E-state index contributed by atoms with van der Waals surface area (Å²) in [6.07, 6.45) is 0.399. The van der Waals surface area contributed by atoms with Crippen LogP contribution >= 0.6 is 39.1 Å². The third-order valence-corrected chi connectivity index (χ3v) is 4.95. The van der Waals surface area contributed by atoms with Crippen molar-refractivity contribution >= 4 is 39.1 Å². The molecule has 0 heterocycles. The van der Waals surface area contributed by atoms with Crippen LogP contribution in [0.5, 0.6) is 0 Å². The molecule has 0 bridgehead atoms. The Bertz CT molecular complexity index is 627.